The third kappa shape index (κ3) is 6.12. The van der Waals surface area contributed by atoms with Gasteiger partial charge in [0.05, 0.1) is 16.5 Å². The van der Waals surface area contributed by atoms with Gasteiger partial charge < -0.3 is 14.2 Å². The van der Waals surface area contributed by atoms with Crippen LogP contribution in [-0.4, -0.2) is 42.5 Å². The van der Waals surface area contributed by atoms with E-state index in [9.17, 15) is 27.9 Å². The maximum Gasteiger partial charge on any atom is 0.339 e. The van der Waals surface area contributed by atoms with Crippen LogP contribution in [0.15, 0.2) is 69.9 Å². The molecule has 0 saturated heterocycles. The van der Waals surface area contributed by atoms with Crippen molar-refractivity contribution >= 4 is 50.9 Å². The highest BCUT2D eigenvalue weighted by Crippen LogP contribution is 2.55. The van der Waals surface area contributed by atoms with Crippen LogP contribution in [0, 0.1) is 10.8 Å². The molecular formula is C32H33Cl2NO7S. The van der Waals surface area contributed by atoms with Gasteiger partial charge in [-0.05, 0) is 53.5 Å². The number of hydrogen-bond donors (Lipinski definition) is 1. The van der Waals surface area contributed by atoms with E-state index in [1.54, 1.807) is 18.2 Å². The normalized spacial score (nSPS) is 20.2. The number of nitrogens with zero attached hydrogens (tertiary/aromatic N) is 1. The molecule has 3 aliphatic rings. The minimum atomic E-state index is -4.25. The van der Waals surface area contributed by atoms with Crippen molar-refractivity contribution in [1.29, 1.82) is 0 Å². The highest BCUT2D eigenvalue weighted by molar-refractivity contribution is 7.87. The molecule has 1 aliphatic heterocycles. The van der Waals surface area contributed by atoms with Gasteiger partial charge in [-0.15, -0.1) is 0 Å². The van der Waals surface area contributed by atoms with E-state index in [1.807, 2.05) is 32.6 Å². The number of benzene rings is 2. The molecule has 0 unspecified atom stereocenters. The first kappa shape index (κ1) is 31.3. The van der Waals surface area contributed by atoms with Crippen LogP contribution in [0.4, 0.5) is 0 Å². The fourth-order valence-electron chi connectivity index (χ4n) is 6.43. The monoisotopic (exact) mass is 645 g/mol. The minimum absolute atomic E-state index is 0.0737. The van der Waals surface area contributed by atoms with Crippen molar-refractivity contribution in [1.82, 2.24) is 4.90 Å². The summed E-state index contributed by atoms with van der Waals surface area (Å²) in [6, 6.07) is 10.6. The number of carbonyl (C=O) groups excluding carboxylic acids is 2. The first-order valence-electron chi connectivity index (χ1n) is 14.0. The van der Waals surface area contributed by atoms with Crippen molar-refractivity contribution < 1.29 is 32.1 Å². The Morgan fingerprint density at radius 2 is 1.40 bits per heavy atom. The molecule has 43 heavy (non-hydrogen) atoms. The third-order valence-corrected chi connectivity index (χ3v) is 9.95. The van der Waals surface area contributed by atoms with Crippen molar-refractivity contribution in [2.24, 2.45) is 10.8 Å². The quantitative estimate of drug-likeness (QED) is 0.322. The molecule has 2 aromatic carbocycles. The van der Waals surface area contributed by atoms with E-state index in [2.05, 4.69) is 0 Å². The molecule has 5 rings (SSSR count). The second-order valence-electron chi connectivity index (χ2n) is 13.0. The lowest BCUT2D eigenvalue weighted by Crippen LogP contribution is -2.45. The largest absolute Gasteiger partial charge is 0.481 e. The van der Waals surface area contributed by atoms with Gasteiger partial charge in [-0.2, -0.15) is 8.42 Å². The van der Waals surface area contributed by atoms with Gasteiger partial charge in [-0.3, -0.25) is 14.4 Å². The Balaban J connectivity index is 1.68. The minimum Gasteiger partial charge on any atom is -0.481 e. The number of carboxylic acid groups (broad SMARTS) is 1. The third-order valence-electron chi connectivity index (χ3n) is 8.15. The first-order valence-corrected chi connectivity index (χ1v) is 16.2. The molecule has 0 saturated carbocycles. The number of ketones is 2. The molecule has 1 heterocycles. The summed E-state index contributed by atoms with van der Waals surface area (Å²) in [5.41, 5.74) is 1.95. The zero-order chi connectivity index (χ0) is 31.5. The number of aliphatic carboxylic acids is 1. The Morgan fingerprint density at radius 3 is 1.86 bits per heavy atom. The lowest BCUT2D eigenvalue weighted by atomic mass is 9.63. The number of hydrogen-bond acceptors (Lipinski definition) is 7. The van der Waals surface area contributed by atoms with Gasteiger partial charge in [0.2, 0.25) is 0 Å². The Hall–Kier alpha value is -3.14. The van der Waals surface area contributed by atoms with Gasteiger partial charge in [-0.1, -0.05) is 69.1 Å². The number of allylic oxidation sites excluding steroid dienone is 4. The molecule has 0 amide bonds. The number of carboxylic acids is 1. The summed E-state index contributed by atoms with van der Waals surface area (Å²) in [6.07, 6.45) is 1.34. The van der Waals surface area contributed by atoms with E-state index in [0.29, 0.717) is 40.9 Å². The lowest BCUT2D eigenvalue weighted by molar-refractivity contribution is -0.137. The molecular weight excluding hydrogens is 613 g/mol. The molecule has 11 heteroatoms. The molecule has 0 fully saturated rings. The van der Waals surface area contributed by atoms with Gasteiger partial charge in [-0.25, -0.2) is 0 Å². The van der Waals surface area contributed by atoms with Crippen LogP contribution in [0.5, 0.6) is 5.75 Å². The molecule has 0 spiro atoms. The maximum atomic E-state index is 13.9. The van der Waals surface area contributed by atoms with Gasteiger partial charge in [0.1, 0.15) is 4.90 Å². The smallest absolute Gasteiger partial charge is 0.339 e. The molecule has 0 radical (unpaired) electrons. The van der Waals surface area contributed by atoms with Crippen LogP contribution >= 0.6 is 23.2 Å². The summed E-state index contributed by atoms with van der Waals surface area (Å²) in [5.74, 6) is -2.31. The maximum absolute atomic E-state index is 13.9. The number of carbonyl (C=O) groups is 3. The first-order chi connectivity index (χ1) is 20.0. The van der Waals surface area contributed by atoms with Crippen molar-refractivity contribution in [2.75, 3.05) is 6.54 Å². The Bertz CT molecular complexity index is 1630. The summed E-state index contributed by atoms with van der Waals surface area (Å²) in [6.45, 7) is 8.09. The Kier molecular flexibility index (Phi) is 8.07. The van der Waals surface area contributed by atoms with Gasteiger partial charge in [0.25, 0.3) is 0 Å². The Morgan fingerprint density at radius 1 is 0.907 bits per heavy atom. The summed E-state index contributed by atoms with van der Waals surface area (Å²) in [5, 5.41) is 9.36. The number of Topliss-reactive ketones (excluding diaryl/α,β-unsaturated/α-hetero) is 2. The Labute approximate surface area is 261 Å². The zero-order valence-electron chi connectivity index (χ0n) is 24.4. The van der Waals surface area contributed by atoms with E-state index >= 15 is 0 Å². The highest BCUT2D eigenvalue weighted by atomic mass is 35.5. The summed E-state index contributed by atoms with van der Waals surface area (Å²) < 4.78 is 31.2. The van der Waals surface area contributed by atoms with E-state index in [1.165, 1.54) is 24.3 Å². The van der Waals surface area contributed by atoms with E-state index in [4.69, 9.17) is 27.4 Å². The molecule has 1 N–H and O–H groups in total. The topological polar surface area (TPSA) is 118 Å². The summed E-state index contributed by atoms with van der Waals surface area (Å²) >= 11 is 13.2. The highest BCUT2D eigenvalue weighted by Gasteiger charge is 2.49. The van der Waals surface area contributed by atoms with Gasteiger partial charge in [0, 0.05) is 47.8 Å². The summed E-state index contributed by atoms with van der Waals surface area (Å²) in [4.78, 5) is 41.3. The van der Waals surface area contributed by atoms with Gasteiger partial charge in [0.15, 0.2) is 17.3 Å². The molecule has 2 aliphatic carbocycles. The molecule has 228 valence electrons. The van der Waals surface area contributed by atoms with E-state index in [-0.39, 0.29) is 68.9 Å². The van der Waals surface area contributed by atoms with Crippen molar-refractivity contribution in [3.05, 3.63) is 80.6 Å². The molecule has 0 bridgehead atoms. The van der Waals surface area contributed by atoms with Crippen LogP contribution in [0.1, 0.15) is 71.3 Å². The molecule has 2 aromatic rings. The number of rotatable bonds is 7. The van der Waals surface area contributed by atoms with Crippen LogP contribution in [0.3, 0.4) is 0 Å². The van der Waals surface area contributed by atoms with Crippen LogP contribution in [0.2, 0.25) is 10.0 Å². The fourth-order valence-corrected chi connectivity index (χ4v) is 8.09. The fraction of sp³-hybridized carbons (Fsp3) is 0.406. The standard InChI is InChI=1S/C32H33Cl2NO7S/c1-31(2)14-22-28(24(36)16-31)27(29-23(35(22)11-10-26(38)39)15-32(3,4)17-25(29)37)18-12-20(33)30(21(34)13-18)42-43(40,41)19-8-6-5-7-9-19/h5-9,12-13,27H,10-11,14-17H2,1-4H3,(H,38,39). The molecule has 0 aromatic heterocycles. The van der Waals surface area contributed by atoms with E-state index < -0.39 is 22.0 Å². The summed E-state index contributed by atoms with van der Waals surface area (Å²) in [7, 11) is -4.25. The second kappa shape index (κ2) is 11.1. The van der Waals surface area contributed by atoms with Crippen LogP contribution in [-0.2, 0) is 24.5 Å². The average molecular weight is 647 g/mol. The van der Waals surface area contributed by atoms with E-state index in [0.717, 1.165) is 0 Å². The number of halogens is 2. The lowest BCUT2D eigenvalue weighted by Gasteiger charge is -2.49. The van der Waals surface area contributed by atoms with Crippen molar-refractivity contribution in [3.63, 3.8) is 0 Å². The molecule has 0 atom stereocenters. The predicted octanol–water partition coefficient (Wildman–Crippen LogP) is 6.92. The van der Waals surface area contributed by atoms with Crippen LogP contribution < -0.4 is 4.18 Å². The van der Waals surface area contributed by atoms with Crippen LogP contribution in [0.25, 0.3) is 0 Å². The SMILES string of the molecule is CC1(C)CC(=O)C2=C(C1)N(CCC(=O)O)C1=C(C(=O)CC(C)(C)C1)C2c1cc(Cl)c(OS(=O)(=O)c2ccccc2)c(Cl)c1. The van der Waals surface area contributed by atoms with Crippen molar-refractivity contribution in [3.8, 4) is 5.75 Å². The second-order valence-corrected chi connectivity index (χ2v) is 15.4. The predicted molar refractivity (Wildman–Crippen MR) is 163 cm³/mol. The molecule has 8 nitrogen and oxygen atoms in total. The van der Waals surface area contributed by atoms with Crippen molar-refractivity contribution in [2.45, 2.75) is 70.6 Å². The van der Waals surface area contributed by atoms with Gasteiger partial charge >= 0.3 is 16.1 Å². The zero-order valence-corrected chi connectivity index (χ0v) is 26.7. The average Bonchev–Trinajstić information content (AvgIpc) is 2.88.